The van der Waals surface area contributed by atoms with Gasteiger partial charge in [-0.3, -0.25) is 9.59 Å². The Morgan fingerprint density at radius 3 is 2.68 bits per heavy atom. The molecule has 28 heavy (non-hydrogen) atoms. The molecule has 1 fully saturated rings. The fourth-order valence-corrected chi connectivity index (χ4v) is 4.61. The molecule has 1 aromatic carbocycles. The predicted molar refractivity (Wildman–Crippen MR) is 104 cm³/mol. The number of phenolic OH excluding ortho intramolecular Hbond substituents is 1. The van der Waals surface area contributed by atoms with Crippen molar-refractivity contribution in [1.29, 1.82) is 0 Å². The highest BCUT2D eigenvalue weighted by molar-refractivity contribution is 5.97. The molecular weight excluding hydrogens is 356 g/mol. The lowest BCUT2D eigenvalue weighted by Crippen LogP contribution is -2.58. The Kier molecular flexibility index (Phi) is 4.61. The van der Waals surface area contributed by atoms with Crippen molar-refractivity contribution in [3.05, 3.63) is 47.0 Å². The van der Waals surface area contributed by atoms with E-state index in [9.17, 15) is 14.7 Å². The van der Waals surface area contributed by atoms with Gasteiger partial charge in [-0.15, -0.1) is 0 Å². The first-order chi connectivity index (χ1) is 13.5. The minimum Gasteiger partial charge on any atom is -0.507 e. The summed E-state index contributed by atoms with van der Waals surface area (Å²) < 4.78 is 0. The molecule has 0 unspecified atom stereocenters. The molecule has 0 saturated carbocycles. The van der Waals surface area contributed by atoms with E-state index >= 15 is 0 Å². The van der Waals surface area contributed by atoms with Crippen molar-refractivity contribution in [2.45, 2.75) is 45.1 Å². The Morgan fingerprint density at radius 1 is 1.25 bits per heavy atom. The first-order valence-corrected chi connectivity index (χ1v) is 9.88. The predicted octanol–water partition coefficient (Wildman–Crippen LogP) is 2.35. The number of nitrogens with zero attached hydrogens (tertiary/aromatic N) is 3. The van der Waals surface area contributed by atoms with Gasteiger partial charge in [-0.05, 0) is 37.5 Å². The first kappa shape index (κ1) is 18.5. The maximum Gasteiger partial charge on any atom is 0.257 e. The average molecular weight is 382 g/mol. The molecule has 0 radical (unpaired) electrons. The summed E-state index contributed by atoms with van der Waals surface area (Å²) in [7, 11) is 0. The molecule has 0 aliphatic carbocycles. The third-order valence-corrected chi connectivity index (χ3v) is 6.13. The van der Waals surface area contributed by atoms with E-state index in [1.54, 1.807) is 23.4 Å². The summed E-state index contributed by atoms with van der Waals surface area (Å²) in [4.78, 5) is 37.1. The number of rotatable bonds is 2. The van der Waals surface area contributed by atoms with Gasteiger partial charge < -0.3 is 19.9 Å². The molecule has 4 rings (SSSR count). The van der Waals surface area contributed by atoms with Crippen molar-refractivity contribution in [2.75, 3.05) is 19.6 Å². The number of benzene rings is 1. The minimum atomic E-state index is -0.452. The van der Waals surface area contributed by atoms with Gasteiger partial charge in [-0.2, -0.15) is 0 Å². The zero-order valence-electron chi connectivity index (χ0n) is 16.4. The second kappa shape index (κ2) is 6.96. The van der Waals surface area contributed by atoms with Crippen LogP contribution in [0.15, 0.2) is 24.5 Å². The molecule has 3 heterocycles. The number of carbonyl (C=O) groups is 2. The zero-order valence-corrected chi connectivity index (χ0v) is 16.4. The fourth-order valence-electron chi connectivity index (χ4n) is 4.61. The Balaban J connectivity index is 1.59. The van der Waals surface area contributed by atoms with Crippen LogP contribution in [0.25, 0.3) is 0 Å². The maximum absolute atomic E-state index is 12.9. The summed E-state index contributed by atoms with van der Waals surface area (Å²) in [6.45, 7) is 5.48. The van der Waals surface area contributed by atoms with Crippen molar-refractivity contribution in [3.8, 4) is 5.75 Å². The van der Waals surface area contributed by atoms with Gasteiger partial charge in [0.1, 0.15) is 5.75 Å². The third kappa shape index (κ3) is 2.85. The van der Waals surface area contributed by atoms with Crippen LogP contribution in [-0.4, -0.2) is 56.3 Å². The van der Waals surface area contributed by atoms with E-state index in [0.29, 0.717) is 44.5 Å². The van der Waals surface area contributed by atoms with Gasteiger partial charge in [-0.1, -0.05) is 13.0 Å². The zero-order chi connectivity index (χ0) is 19.9. The van der Waals surface area contributed by atoms with Crippen LogP contribution < -0.4 is 0 Å². The number of aromatic nitrogens is 2. The van der Waals surface area contributed by atoms with E-state index in [1.807, 2.05) is 24.8 Å². The average Bonchev–Trinajstić information content (AvgIpc) is 3.18. The molecule has 1 spiro atoms. The van der Waals surface area contributed by atoms with Crippen molar-refractivity contribution >= 4 is 11.8 Å². The number of nitrogens with one attached hydrogen (secondary N) is 1. The Morgan fingerprint density at radius 2 is 2.00 bits per heavy atom. The van der Waals surface area contributed by atoms with Crippen LogP contribution in [-0.2, 0) is 16.8 Å². The molecule has 7 nitrogen and oxygen atoms in total. The number of hydrogen-bond donors (Lipinski definition) is 2. The lowest BCUT2D eigenvalue weighted by molar-refractivity contribution is -0.141. The van der Waals surface area contributed by atoms with Crippen molar-refractivity contribution < 1.29 is 14.7 Å². The normalized spacial score (nSPS) is 18.2. The van der Waals surface area contributed by atoms with Crippen LogP contribution in [0.4, 0.5) is 0 Å². The quantitative estimate of drug-likeness (QED) is 0.834. The molecule has 1 saturated heterocycles. The first-order valence-electron chi connectivity index (χ1n) is 9.88. The van der Waals surface area contributed by atoms with Crippen LogP contribution >= 0.6 is 0 Å². The van der Waals surface area contributed by atoms with E-state index < -0.39 is 5.54 Å². The van der Waals surface area contributed by atoms with E-state index in [1.165, 1.54) is 0 Å². The number of aromatic hydroxyl groups is 1. The molecule has 7 heteroatoms. The molecule has 2 aliphatic heterocycles. The number of carbonyl (C=O) groups excluding carboxylic acids is 2. The molecule has 2 aromatic rings. The van der Waals surface area contributed by atoms with Gasteiger partial charge >= 0.3 is 0 Å². The summed E-state index contributed by atoms with van der Waals surface area (Å²) in [5.41, 5.74) is 2.83. The third-order valence-electron chi connectivity index (χ3n) is 6.13. The SMILES string of the molecule is CCC(=O)N1CCc2[nH]cnc2C12CCN(C(=O)c1ccc(C)cc1O)CC2. The van der Waals surface area contributed by atoms with E-state index in [0.717, 1.165) is 23.4 Å². The molecule has 0 bridgehead atoms. The summed E-state index contributed by atoms with van der Waals surface area (Å²) >= 11 is 0. The lowest BCUT2D eigenvalue weighted by atomic mass is 9.78. The van der Waals surface area contributed by atoms with Crippen LogP contribution in [0, 0.1) is 6.92 Å². The van der Waals surface area contributed by atoms with E-state index in [-0.39, 0.29) is 17.6 Å². The number of phenols is 1. The van der Waals surface area contributed by atoms with Gasteiger partial charge in [-0.25, -0.2) is 4.98 Å². The number of likely N-dealkylation sites (tertiary alicyclic amines) is 1. The highest BCUT2D eigenvalue weighted by Crippen LogP contribution is 2.42. The molecule has 2 N–H and O–H groups in total. The van der Waals surface area contributed by atoms with Gasteiger partial charge in [0.25, 0.3) is 5.91 Å². The van der Waals surface area contributed by atoms with Crippen molar-refractivity contribution in [1.82, 2.24) is 19.8 Å². The van der Waals surface area contributed by atoms with E-state index in [4.69, 9.17) is 0 Å². The lowest BCUT2D eigenvalue weighted by Gasteiger charge is -2.50. The Bertz CT molecular complexity index is 912. The highest BCUT2D eigenvalue weighted by Gasteiger charge is 2.48. The molecular formula is C21H26N4O3. The summed E-state index contributed by atoms with van der Waals surface area (Å²) in [5, 5.41) is 10.2. The molecule has 0 atom stereocenters. The summed E-state index contributed by atoms with van der Waals surface area (Å²) in [6.07, 6.45) is 4.24. The van der Waals surface area contributed by atoms with Gasteiger partial charge in [0, 0.05) is 38.2 Å². The van der Waals surface area contributed by atoms with Crippen molar-refractivity contribution in [3.63, 3.8) is 0 Å². The number of aromatic amines is 1. The van der Waals surface area contributed by atoms with E-state index in [2.05, 4.69) is 9.97 Å². The monoisotopic (exact) mass is 382 g/mol. The topological polar surface area (TPSA) is 89.5 Å². The van der Waals surface area contributed by atoms with Crippen LogP contribution in [0.3, 0.4) is 0 Å². The smallest absolute Gasteiger partial charge is 0.257 e. The standard InChI is InChI=1S/C21H26N4O3/c1-3-18(27)25-9-6-16-19(23-13-22-16)21(25)7-10-24(11-8-21)20(28)15-5-4-14(2)12-17(15)26/h4-5,12-13,26H,3,6-11H2,1-2H3,(H,22,23). The summed E-state index contributed by atoms with van der Waals surface area (Å²) in [5.74, 6) is -0.0243. The summed E-state index contributed by atoms with van der Waals surface area (Å²) in [6, 6.07) is 5.12. The maximum atomic E-state index is 12.9. The van der Waals surface area contributed by atoms with Crippen LogP contribution in [0.5, 0.6) is 5.75 Å². The van der Waals surface area contributed by atoms with Gasteiger partial charge in [0.05, 0.1) is 23.1 Å². The van der Waals surface area contributed by atoms with Gasteiger partial charge in [0.15, 0.2) is 0 Å². The Labute approximate surface area is 164 Å². The minimum absolute atomic E-state index is 0.0142. The number of imidazole rings is 1. The number of H-pyrrole nitrogens is 1. The second-order valence-electron chi connectivity index (χ2n) is 7.72. The molecule has 2 aliphatic rings. The molecule has 2 amide bonds. The van der Waals surface area contributed by atoms with Crippen LogP contribution in [0.1, 0.15) is 53.5 Å². The molecule has 1 aromatic heterocycles. The largest absolute Gasteiger partial charge is 0.507 e. The highest BCUT2D eigenvalue weighted by atomic mass is 16.3. The van der Waals surface area contributed by atoms with Crippen LogP contribution in [0.2, 0.25) is 0 Å². The molecule has 148 valence electrons. The number of piperidine rings is 1. The van der Waals surface area contributed by atoms with Crippen molar-refractivity contribution in [2.24, 2.45) is 0 Å². The fraction of sp³-hybridized carbons (Fsp3) is 0.476. The number of amides is 2. The van der Waals surface area contributed by atoms with Gasteiger partial charge in [0.2, 0.25) is 5.91 Å². The number of fused-ring (bicyclic) bond motifs is 2. The number of aryl methyl sites for hydroxylation is 1. The number of hydrogen-bond acceptors (Lipinski definition) is 4. The second-order valence-corrected chi connectivity index (χ2v) is 7.72. The Hall–Kier alpha value is -2.83.